The average molecular weight is 401 g/mol. The number of carbonyl (C=O) groups is 1. The number of likely N-dealkylation sites (tertiary alicyclic amines) is 1. The molecule has 1 N–H and O–H groups in total. The van der Waals surface area contributed by atoms with Gasteiger partial charge in [0.2, 0.25) is 0 Å². The minimum absolute atomic E-state index is 0.0586. The molecule has 4 nitrogen and oxygen atoms in total. The first-order valence-corrected chi connectivity index (χ1v) is 9.94. The maximum atomic E-state index is 11.8. The fraction of sp³-hybridized carbons (Fsp3) is 0.650. The van der Waals surface area contributed by atoms with Gasteiger partial charge >= 0.3 is 6.09 Å². The fourth-order valence-electron chi connectivity index (χ4n) is 4.09. The van der Waals surface area contributed by atoms with Crippen LogP contribution in [0.1, 0.15) is 46.6 Å². The summed E-state index contributed by atoms with van der Waals surface area (Å²) in [6.07, 6.45) is -0.00297. The van der Waals surface area contributed by atoms with Crippen molar-refractivity contribution in [3.05, 3.63) is 33.8 Å². The molecule has 1 heterocycles. The molecule has 6 heteroatoms. The number of hydrogen-bond donors (Lipinski definition) is 1. The van der Waals surface area contributed by atoms with Gasteiger partial charge < -0.3 is 10.0 Å². The monoisotopic (exact) mass is 400 g/mol. The molecule has 0 saturated carbocycles. The van der Waals surface area contributed by atoms with Crippen LogP contribution in [0.4, 0.5) is 4.79 Å². The number of benzene rings is 1. The Balaban J connectivity index is 2.36. The van der Waals surface area contributed by atoms with Crippen molar-refractivity contribution in [1.82, 2.24) is 9.80 Å². The van der Waals surface area contributed by atoms with Crippen LogP contribution < -0.4 is 0 Å². The molecule has 0 aromatic heterocycles. The van der Waals surface area contributed by atoms with Crippen LogP contribution in [0.25, 0.3) is 0 Å². The third-order valence-electron chi connectivity index (χ3n) is 4.97. The van der Waals surface area contributed by atoms with Gasteiger partial charge in [-0.25, -0.2) is 4.79 Å². The van der Waals surface area contributed by atoms with Gasteiger partial charge in [-0.2, -0.15) is 0 Å². The van der Waals surface area contributed by atoms with E-state index in [9.17, 15) is 9.90 Å². The smallest absolute Gasteiger partial charge is 0.407 e. The molecule has 1 aliphatic rings. The van der Waals surface area contributed by atoms with Crippen LogP contribution in [-0.4, -0.2) is 46.2 Å². The molecular formula is C20H30Cl2N2O2. The van der Waals surface area contributed by atoms with Crippen molar-refractivity contribution in [2.75, 3.05) is 13.1 Å². The summed E-state index contributed by atoms with van der Waals surface area (Å²) in [5.74, 6) is 0.465. The molecule has 1 saturated heterocycles. The van der Waals surface area contributed by atoms with Crippen LogP contribution in [0.3, 0.4) is 0 Å². The van der Waals surface area contributed by atoms with E-state index in [1.54, 1.807) is 11.0 Å². The summed E-state index contributed by atoms with van der Waals surface area (Å²) in [6.45, 7) is 12.8. The molecule has 1 aromatic carbocycles. The molecule has 1 aromatic rings. The summed E-state index contributed by atoms with van der Waals surface area (Å²) in [5, 5.41) is 10.8. The van der Waals surface area contributed by atoms with Gasteiger partial charge in [-0.3, -0.25) is 4.90 Å². The second kappa shape index (κ2) is 8.37. The molecule has 0 aliphatic carbocycles. The van der Waals surface area contributed by atoms with Gasteiger partial charge in [0, 0.05) is 25.7 Å². The maximum Gasteiger partial charge on any atom is 0.407 e. The zero-order valence-corrected chi connectivity index (χ0v) is 17.8. The van der Waals surface area contributed by atoms with Crippen molar-refractivity contribution in [2.24, 2.45) is 11.3 Å². The Morgan fingerprint density at radius 1 is 1.35 bits per heavy atom. The average Bonchev–Trinajstić information content (AvgIpc) is 2.96. The van der Waals surface area contributed by atoms with Crippen LogP contribution in [0.15, 0.2) is 18.2 Å². The van der Waals surface area contributed by atoms with Crippen molar-refractivity contribution < 1.29 is 9.90 Å². The Hall–Kier alpha value is -0.970. The SMILES string of the molecule is CC(C)CN(Cc1cccc(Cl)c1Cl)[C@H]1CCN(C(=O)O)C1C(C)(C)C. The summed E-state index contributed by atoms with van der Waals surface area (Å²) in [7, 11) is 0. The first kappa shape index (κ1) is 21.3. The Kier molecular flexibility index (Phi) is 6.86. The Morgan fingerprint density at radius 3 is 2.54 bits per heavy atom. The minimum atomic E-state index is -0.835. The topological polar surface area (TPSA) is 43.8 Å². The van der Waals surface area contributed by atoms with Gasteiger partial charge in [-0.1, -0.05) is 70.0 Å². The highest BCUT2D eigenvalue weighted by Crippen LogP contribution is 2.37. The number of rotatable bonds is 5. The summed E-state index contributed by atoms with van der Waals surface area (Å²) < 4.78 is 0. The van der Waals surface area contributed by atoms with Crippen molar-refractivity contribution in [1.29, 1.82) is 0 Å². The molecule has 2 atom stereocenters. The van der Waals surface area contributed by atoms with E-state index < -0.39 is 6.09 Å². The maximum absolute atomic E-state index is 11.8. The van der Waals surface area contributed by atoms with E-state index in [1.807, 2.05) is 12.1 Å². The van der Waals surface area contributed by atoms with Crippen LogP contribution in [0.2, 0.25) is 10.0 Å². The standard InChI is InChI=1S/C20H30Cl2N2O2/c1-13(2)11-23(12-14-7-6-8-15(21)17(14)22)16-9-10-24(19(25)26)18(16)20(3,4)5/h6-8,13,16,18H,9-12H2,1-5H3,(H,25,26)/t16-,18?/m0/s1. The molecule has 2 rings (SSSR count). The lowest BCUT2D eigenvalue weighted by Gasteiger charge is -2.42. The summed E-state index contributed by atoms with van der Waals surface area (Å²) >= 11 is 12.6. The first-order valence-electron chi connectivity index (χ1n) is 9.19. The number of halogens is 2. The molecule has 1 amide bonds. The highest BCUT2D eigenvalue weighted by Gasteiger charge is 2.46. The second-order valence-corrected chi connectivity index (χ2v) is 9.46. The van der Waals surface area contributed by atoms with Crippen LogP contribution in [-0.2, 0) is 6.54 Å². The van der Waals surface area contributed by atoms with E-state index in [0.717, 1.165) is 18.5 Å². The lowest BCUT2D eigenvalue weighted by atomic mass is 9.82. The largest absolute Gasteiger partial charge is 0.465 e. The summed E-state index contributed by atoms with van der Waals surface area (Å²) in [5.41, 5.74) is 0.841. The van der Waals surface area contributed by atoms with Crippen molar-refractivity contribution in [3.63, 3.8) is 0 Å². The number of hydrogen-bond acceptors (Lipinski definition) is 2. The lowest BCUT2D eigenvalue weighted by molar-refractivity contribution is 0.0562. The summed E-state index contributed by atoms with van der Waals surface area (Å²) in [4.78, 5) is 15.8. The van der Waals surface area contributed by atoms with Gasteiger partial charge in [-0.05, 0) is 29.4 Å². The highest BCUT2D eigenvalue weighted by atomic mass is 35.5. The number of amides is 1. The molecule has 1 unspecified atom stereocenters. The van der Waals surface area contributed by atoms with Crippen molar-refractivity contribution in [2.45, 2.75) is 59.7 Å². The van der Waals surface area contributed by atoms with E-state index in [4.69, 9.17) is 23.2 Å². The normalized spacial score (nSPS) is 21.0. The van der Waals surface area contributed by atoms with E-state index in [0.29, 0.717) is 29.1 Å². The quantitative estimate of drug-likeness (QED) is 0.697. The third kappa shape index (κ3) is 4.85. The molecule has 146 valence electrons. The Morgan fingerprint density at radius 2 is 2.00 bits per heavy atom. The van der Waals surface area contributed by atoms with Gasteiger partial charge in [-0.15, -0.1) is 0 Å². The lowest BCUT2D eigenvalue weighted by Crippen LogP contribution is -2.53. The first-order chi connectivity index (χ1) is 12.0. The zero-order chi connectivity index (χ0) is 19.6. The van der Waals surface area contributed by atoms with Crippen molar-refractivity contribution >= 4 is 29.3 Å². The van der Waals surface area contributed by atoms with Crippen LogP contribution in [0, 0.1) is 11.3 Å². The predicted octanol–water partition coefficient (Wildman–Crippen LogP) is 5.62. The zero-order valence-electron chi connectivity index (χ0n) is 16.3. The predicted molar refractivity (Wildman–Crippen MR) is 108 cm³/mol. The van der Waals surface area contributed by atoms with E-state index in [2.05, 4.69) is 39.5 Å². The number of nitrogens with zero attached hydrogens (tertiary/aromatic N) is 2. The second-order valence-electron chi connectivity index (χ2n) is 8.68. The molecule has 0 spiro atoms. The molecule has 0 bridgehead atoms. The molecule has 26 heavy (non-hydrogen) atoms. The summed E-state index contributed by atoms with van der Waals surface area (Å²) in [6, 6.07) is 5.80. The highest BCUT2D eigenvalue weighted by molar-refractivity contribution is 6.42. The molecule has 1 aliphatic heterocycles. The van der Waals surface area contributed by atoms with Gasteiger partial charge in [0.1, 0.15) is 0 Å². The third-order valence-corrected chi connectivity index (χ3v) is 5.83. The van der Waals surface area contributed by atoms with E-state index in [-0.39, 0.29) is 17.5 Å². The van der Waals surface area contributed by atoms with Crippen LogP contribution in [0.5, 0.6) is 0 Å². The van der Waals surface area contributed by atoms with Gasteiger partial charge in [0.25, 0.3) is 0 Å². The number of carboxylic acid groups (broad SMARTS) is 1. The van der Waals surface area contributed by atoms with Gasteiger partial charge in [0.05, 0.1) is 16.1 Å². The molecule has 0 radical (unpaired) electrons. The Labute approximate surface area is 167 Å². The van der Waals surface area contributed by atoms with Gasteiger partial charge in [0.15, 0.2) is 0 Å². The van der Waals surface area contributed by atoms with E-state index in [1.165, 1.54) is 0 Å². The minimum Gasteiger partial charge on any atom is -0.465 e. The molecule has 1 fully saturated rings. The van der Waals surface area contributed by atoms with Crippen molar-refractivity contribution in [3.8, 4) is 0 Å². The fourth-order valence-corrected chi connectivity index (χ4v) is 4.47. The van der Waals surface area contributed by atoms with Crippen LogP contribution >= 0.6 is 23.2 Å². The molecular weight excluding hydrogens is 371 g/mol. The van der Waals surface area contributed by atoms with E-state index >= 15 is 0 Å². The Bertz CT molecular complexity index is 643.